The van der Waals surface area contributed by atoms with Gasteiger partial charge in [0.25, 0.3) is 5.91 Å². The highest BCUT2D eigenvalue weighted by molar-refractivity contribution is 5.94. The number of aromatic amines is 1. The van der Waals surface area contributed by atoms with E-state index in [2.05, 4.69) is 25.8 Å². The zero-order valence-electron chi connectivity index (χ0n) is 35.2. The maximum absolute atomic E-state index is 13.2. The van der Waals surface area contributed by atoms with Gasteiger partial charge >= 0.3 is 12.1 Å². The molecule has 0 saturated carbocycles. The van der Waals surface area contributed by atoms with Gasteiger partial charge in [0.1, 0.15) is 30.8 Å². The second-order valence-electron chi connectivity index (χ2n) is 16.1. The summed E-state index contributed by atoms with van der Waals surface area (Å²) in [5.74, 6) is 0.127. The number of nitrogens with zero attached hydrogens (tertiary/aromatic N) is 1. The number of H-pyrrole nitrogens is 1. The van der Waals surface area contributed by atoms with Gasteiger partial charge in [-0.3, -0.25) is 14.5 Å². The molecule has 9 rings (SSSR count). The summed E-state index contributed by atoms with van der Waals surface area (Å²) < 4.78 is 17.5. The summed E-state index contributed by atoms with van der Waals surface area (Å²) in [6.45, 7) is 3.92. The van der Waals surface area contributed by atoms with E-state index in [4.69, 9.17) is 14.2 Å². The molecule has 64 heavy (non-hydrogen) atoms. The number of aliphatic hydroxyl groups excluding tert-OH is 1. The summed E-state index contributed by atoms with van der Waals surface area (Å²) in [5, 5.41) is 30.5. The Hall–Kier alpha value is -7.00. The van der Waals surface area contributed by atoms with Crippen molar-refractivity contribution in [2.75, 3.05) is 39.3 Å². The second kappa shape index (κ2) is 20.5. The van der Waals surface area contributed by atoms with Crippen LogP contribution in [0.2, 0.25) is 0 Å². The number of hydrogen-bond acceptors (Lipinski definition) is 11. The molecular formula is C50H51N5O9. The van der Waals surface area contributed by atoms with Crippen LogP contribution in [0.15, 0.2) is 132 Å². The first kappa shape index (κ1) is 43.6. The first-order chi connectivity index (χ1) is 31.2. The second-order valence-corrected chi connectivity index (χ2v) is 16.1. The zero-order valence-corrected chi connectivity index (χ0v) is 35.2. The van der Waals surface area contributed by atoms with Crippen molar-refractivity contribution >= 4 is 28.9 Å². The lowest BCUT2D eigenvalue weighted by molar-refractivity contribution is -0.0336. The highest BCUT2D eigenvalue weighted by Crippen LogP contribution is 2.31. The van der Waals surface area contributed by atoms with Crippen LogP contribution in [-0.2, 0) is 22.6 Å². The van der Waals surface area contributed by atoms with Crippen LogP contribution in [0.4, 0.5) is 4.79 Å². The molecule has 3 saturated heterocycles. The Morgan fingerprint density at radius 1 is 0.812 bits per heavy atom. The monoisotopic (exact) mass is 865 g/mol. The number of fused-ring (bicyclic) bond motifs is 4. The number of nitrogens with one attached hydrogen (secondary N) is 4. The number of phenolic OH excluding ortho intramolecular Hbond substituents is 1. The average Bonchev–Trinajstić information content (AvgIpc) is 3.32. The number of rotatable bonds is 17. The van der Waals surface area contributed by atoms with Crippen LogP contribution in [0.3, 0.4) is 0 Å². The van der Waals surface area contributed by atoms with E-state index in [0.29, 0.717) is 40.3 Å². The molecule has 2 amide bonds. The van der Waals surface area contributed by atoms with Gasteiger partial charge in [0.05, 0.1) is 29.8 Å². The highest BCUT2D eigenvalue weighted by Gasteiger charge is 2.37. The Balaban J connectivity index is 0.758. The number of phenols is 1. The minimum Gasteiger partial charge on any atom is -0.506 e. The van der Waals surface area contributed by atoms with Gasteiger partial charge in [0, 0.05) is 36.7 Å². The topological polar surface area (TPSA) is 192 Å². The number of benzene rings is 5. The molecule has 0 aliphatic carbocycles. The minimum atomic E-state index is -0.897. The van der Waals surface area contributed by atoms with Gasteiger partial charge in [-0.05, 0) is 108 Å². The van der Waals surface area contributed by atoms with Gasteiger partial charge in [0.2, 0.25) is 5.56 Å². The largest absolute Gasteiger partial charge is 0.506 e. The number of carbonyl (C=O) groups excluding carboxylic acids is 3. The molecule has 6 aromatic rings. The number of pyridine rings is 1. The maximum atomic E-state index is 13.2. The van der Waals surface area contributed by atoms with Crippen LogP contribution in [0.5, 0.6) is 11.5 Å². The summed E-state index contributed by atoms with van der Waals surface area (Å²) in [6, 6.07) is 36.8. The maximum Gasteiger partial charge on any atom is 0.408 e. The summed E-state index contributed by atoms with van der Waals surface area (Å²) in [4.78, 5) is 55.4. The van der Waals surface area contributed by atoms with Crippen LogP contribution < -0.4 is 26.2 Å². The Morgan fingerprint density at radius 2 is 1.55 bits per heavy atom. The molecule has 3 fully saturated rings. The summed E-state index contributed by atoms with van der Waals surface area (Å²) >= 11 is 0. The molecule has 6 N–H and O–H groups in total. The standard InChI is InChI=1S/C50H51N5O9/c56-42-19-17-40(41-18-20-45(58)53-47(41)42)43(57)29-51-28-32-9-13-36(14-10-32)48(59)52-23-26-62-49(60)37-15-11-33(12-16-37)31-63-39-8-4-7-38(27-39)46(35-5-2-1-3-6-35)54-50(61)64-44-30-55-24-21-34(44)22-25-55/h1-20,27,34,43-44,46,51,56-57H,21-26,28-31H2,(H,52,59)(H,53,58)(H,54,61)/t43-,44+,46?/m1/s1. The molecule has 5 aromatic carbocycles. The van der Waals surface area contributed by atoms with Crippen LogP contribution in [0, 0.1) is 5.92 Å². The molecule has 3 aliphatic rings. The molecule has 2 bridgehead atoms. The molecule has 0 radical (unpaired) electrons. The van der Waals surface area contributed by atoms with Gasteiger partial charge < -0.3 is 45.4 Å². The molecular weight excluding hydrogens is 815 g/mol. The molecule has 4 heterocycles. The molecule has 0 spiro atoms. The number of ether oxygens (including phenoxy) is 3. The number of piperidine rings is 3. The van der Waals surface area contributed by atoms with Gasteiger partial charge in [-0.15, -0.1) is 0 Å². The lowest BCUT2D eigenvalue weighted by Crippen LogP contribution is -2.52. The SMILES string of the molecule is O=C(NC(c1ccccc1)c1cccc(OCc2ccc(C(=O)OCCNC(=O)c3ccc(CNC[C@@H](O)c4ccc(O)c5[nH]c(=O)ccc45)cc3)cc2)c1)O[C@H]1CN2CCC1CC2. The Bertz CT molecular complexity index is 2610. The van der Waals surface area contributed by atoms with E-state index in [-0.39, 0.29) is 55.1 Å². The quantitative estimate of drug-likeness (QED) is 0.0457. The fourth-order valence-corrected chi connectivity index (χ4v) is 8.31. The average molecular weight is 866 g/mol. The highest BCUT2D eigenvalue weighted by atomic mass is 16.6. The lowest BCUT2D eigenvalue weighted by atomic mass is 9.86. The minimum absolute atomic E-state index is 0.0151. The van der Waals surface area contributed by atoms with Crippen molar-refractivity contribution in [1.29, 1.82) is 0 Å². The number of hydrogen-bond donors (Lipinski definition) is 6. The predicted molar refractivity (Wildman–Crippen MR) is 240 cm³/mol. The summed E-state index contributed by atoms with van der Waals surface area (Å²) in [7, 11) is 0. The van der Waals surface area contributed by atoms with Crippen molar-refractivity contribution < 1.29 is 38.8 Å². The van der Waals surface area contributed by atoms with E-state index < -0.39 is 24.2 Å². The first-order valence-electron chi connectivity index (χ1n) is 21.5. The number of carbonyl (C=O) groups is 3. The zero-order chi connectivity index (χ0) is 44.4. The smallest absolute Gasteiger partial charge is 0.408 e. The van der Waals surface area contributed by atoms with E-state index in [0.717, 1.165) is 54.7 Å². The molecule has 14 heteroatoms. The number of aromatic nitrogens is 1. The van der Waals surface area contributed by atoms with Crippen molar-refractivity contribution in [1.82, 2.24) is 25.8 Å². The normalized spacial score (nSPS) is 17.5. The van der Waals surface area contributed by atoms with Crippen LogP contribution in [0.1, 0.15) is 73.5 Å². The van der Waals surface area contributed by atoms with E-state index >= 15 is 0 Å². The number of aromatic hydroxyl groups is 1. The Kier molecular flexibility index (Phi) is 13.9. The van der Waals surface area contributed by atoms with E-state index in [1.807, 2.05) is 54.6 Å². The number of amides is 2. The van der Waals surface area contributed by atoms with Crippen molar-refractivity contribution in [3.8, 4) is 11.5 Å². The van der Waals surface area contributed by atoms with Crippen LogP contribution in [0.25, 0.3) is 10.9 Å². The Labute approximate surface area is 370 Å². The van der Waals surface area contributed by atoms with Crippen molar-refractivity contribution in [3.05, 3.63) is 177 Å². The fraction of sp³-hybridized carbons (Fsp3) is 0.280. The first-order valence-corrected chi connectivity index (χ1v) is 21.5. The molecule has 1 aromatic heterocycles. The van der Waals surface area contributed by atoms with Crippen molar-refractivity contribution in [2.24, 2.45) is 5.92 Å². The molecule has 3 aliphatic heterocycles. The van der Waals surface area contributed by atoms with Crippen LogP contribution in [-0.4, -0.2) is 83.5 Å². The summed E-state index contributed by atoms with van der Waals surface area (Å²) in [6.07, 6.45) is 0.678. The Morgan fingerprint density at radius 3 is 2.30 bits per heavy atom. The van der Waals surface area contributed by atoms with Gasteiger partial charge in [-0.25, -0.2) is 9.59 Å². The van der Waals surface area contributed by atoms with E-state index in [1.54, 1.807) is 60.7 Å². The lowest BCUT2D eigenvalue weighted by Gasteiger charge is -2.43. The van der Waals surface area contributed by atoms with E-state index in [9.17, 15) is 29.4 Å². The summed E-state index contributed by atoms with van der Waals surface area (Å²) in [5.41, 5.74) is 4.80. The van der Waals surface area contributed by atoms with Crippen LogP contribution >= 0.6 is 0 Å². The number of esters is 1. The third-order valence-corrected chi connectivity index (χ3v) is 11.8. The van der Waals surface area contributed by atoms with Crippen molar-refractivity contribution in [3.63, 3.8) is 0 Å². The van der Waals surface area contributed by atoms with Gasteiger partial charge in [-0.1, -0.05) is 72.8 Å². The third kappa shape index (κ3) is 11.0. The molecule has 14 nitrogen and oxygen atoms in total. The molecule has 330 valence electrons. The van der Waals surface area contributed by atoms with Gasteiger partial charge in [0.15, 0.2) is 0 Å². The predicted octanol–water partition coefficient (Wildman–Crippen LogP) is 6.13. The number of aliphatic hydroxyl groups is 1. The van der Waals surface area contributed by atoms with Crippen molar-refractivity contribution in [2.45, 2.75) is 44.2 Å². The fourth-order valence-electron chi connectivity index (χ4n) is 8.31. The molecule has 3 atom stereocenters. The van der Waals surface area contributed by atoms with E-state index in [1.165, 1.54) is 12.1 Å². The molecule has 1 unspecified atom stereocenters. The van der Waals surface area contributed by atoms with Gasteiger partial charge in [-0.2, -0.15) is 0 Å². The third-order valence-electron chi connectivity index (χ3n) is 11.8. The number of alkyl carbamates (subject to hydrolysis) is 1.